The van der Waals surface area contributed by atoms with Crippen LogP contribution in [0.15, 0.2) is 48.5 Å². The number of hydrogen-bond donors (Lipinski definition) is 1. The number of ether oxygens (including phenoxy) is 1. The number of amides is 1. The topological polar surface area (TPSA) is 79.2 Å². The van der Waals surface area contributed by atoms with Gasteiger partial charge in [-0.05, 0) is 42.5 Å². The molecule has 0 aliphatic rings. The molecule has 0 spiro atoms. The average Bonchev–Trinajstić information content (AvgIpc) is 2.59. The van der Waals surface area contributed by atoms with E-state index in [9.17, 15) is 9.59 Å². The number of nitrogens with zero attached hydrogens (tertiary/aromatic N) is 1. The largest absolute Gasteiger partial charge is 0.497 e. The zero-order valence-electron chi connectivity index (χ0n) is 12.0. The summed E-state index contributed by atoms with van der Waals surface area (Å²) in [5.41, 5.74) is 1.24. The second-order valence-corrected chi connectivity index (χ2v) is 4.53. The molecule has 2 aromatic rings. The van der Waals surface area contributed by atoms with Crippen LogP contribution in [0, 0.1) is 11.3 Å². The van der Waals surface area contributed by atoms with Crippen molar-refractivity contribution in [2.24, 2.45) is 0 Å². The Morgan fingerprint density at radius 1 is 1.14 bits per heavy atom. The van der Waals surface area contributed by atoms with Gasteiger partial charge in [-0.2, -0.15) is 5.26 Å². The fourth-order valence-electron chi connectivity index (χ4n) is 1.87. The van der Waals surface area contributed by atoms with Crippen LogP contribution >= 0.6 is 0 Å². The molecule has 110 valence electrons. The van der Waals surface area contributed by atoms with Crippen LogP contribution < -0.4 is 10.1 Å². The standard InChI is InChI=1S/C17H14N2O3/c1-22-15-7-5-13(6-8-15)16(20)11-19-17(21)14-4-2-3-12(9-14)10-18/h2-9H,11H2,1H3,(H,19,21). The van der Waals surface area contributed by atoms with Crippen LogP contribution in [-0.2, 0) is 0 Å². The highest BCUT2D eigenvalue weighted by molar-refractivity contribution is 6.02. The molecule has 0 aromatic heterocycles. The Bertz CT molecular complexity index is 730. The van der Waals surface area contributed by atoms with Gasteiger partial charge in [-0.15, -0.1) is 0 Å². The number of carbonyl (C=O) groups excluding carboxylic acids is 2. The highest BCUT2D eigenvalue weighted by atomic mass is 16.5. The highest BCUT2D eigenvalue weighted by Crippen LogP contribution is 2.11. The van der Waals surface area contributed by atoms with Gasteiger partial charge in [0.1, 0.15) is 5.75 Å². The number of hydrogen-bond acceptors (Lipinski definition) is 4. The molecule has 0 aliphatic heterocycles. The van der Waals surface area contributed by atoms with Gasteiger partial charge in [0.2, 0.25) is 0 Å². The lowest BCUT2D eigenvalue weighted by Gasteiger charge is -2.06. The maximum absolute atomic E-state index is 12.0. The fourth-order valence-corrected chi connectivity index (χ4v) is 1.87. The normalized spacial score (nSPS) is 9.64. The smallest absolute Gasteiger partial charge is 0.251 e. The fraction of sp³-hybridized carbons (Fsp3) is 0.118. The van der Waals surface area contributed by atoms with Gasteiger partial charge in [-0.25, -0.2) is 0 Å². The average molecular weight is 294 g/mol. The molecule has 1 N–H and O–H groups in total. The number of ketones is 1. The second-order valence-electron chi connectivity index (χ2n) is 4.53. The number of Topliss-reactive ketones (excluding diaryl/α,β-unsaturated/α-hetero) is 1. The second kappa shape index (κ2) is 7.04. The number of benzene rings is 2. The summed E-state index contributed by atoms with van der Waals surface area (Å²) in [6.45, 7) is -0.109. The van der Waals surface area contributed by atoms with Gasteiger partial charge < -0.3 is 10.1 Å². The molecule has 0 radical (unpaired) electrons. The van der Waals surface area contributed by atoms with Gasteiger partial charge in [-0.1, -0.05) is 6.07 Å². The Kier molecular flexibility index (Phi) is 4.89. The number of nitriles is 1. The minimum atomic E-state index is -0.390. The summed E-state index contributed by atoms with van der Waals surface area (Å²) in [5, 5.41) is 11.4. The predicted molar refractivity (Wildman–Crippen MR) is 80.8 cm³/mol. The van der Waals surface area contributed by atoms with E-state index in [1.807, 2.05) is 6.07 Å². The van der Waals surface area contributed by atoms with Gasteiger partial charge >= 0.3 is 0 Å². The Morgan fingerprint density at radius 3 is 2.50 bits per heavy atom. The highest BCUT2D eigenvalue weighted by Gasteiger charge is 2.10. The lowest BCUT2D eigenvalue weighted by atomic mass is 10.1. The third-order valence-electron chi connectivity index (χ3n) is 3.08. The van der Waals surface area contributed by atoms with Crippen LogP contribution in [0.2, 0.25) is 0 Å². The maximum Gasteiger partial charge on any atom is 0.251 e. The summed E-state index contributed by atoms with van der Waals surface area (Å²) in [7, 11) is 1.55. The van der Waals surface area contributed by atoms with Crippen molar-refractivity contribution in [2.75, 3.05) is 13.7 Å². The van der Waals surface area contributed by atoms with Crippen molar-refractivity contribution in [2.45, 2.75) is 0 Å². The molecule has 2 rings (SSSR count). The van der Waals surface area contributed by atoms with E-state index in [0.717, 1.165) is 0 Å². The molecule has 1 amide bonds. The first kappa shape index (κ1) is 15.3. The van der Waals surface area contributed by atoms with E-state index in [-0.39, 0.29) is 18.2 Å². The summed E-state index contributed by atoms with van der Waals surface area (Å²) < 4.78 is 5.02. The Morgan fingerprint density at radius 2 is 1.86 bits per heavy atom. The van der Waals surface area contributed by atoms with E-state index in [2.05, 4.69) is 5.32 Å². The molecular formula is C17H14N2O3. The molecule has 0 atom stereocenters. The number of methoxy groups -OCH3 is 1. The number of rotatable bonds is 5. The first-order chi connectivity index (χ1) is 10.6. The van der Waals surface area contributed by atoms with Crippen LogP contribution in [-0.4, -0.2) is 25.3 Å². The summed E-state index contributed by atoms with van der Waals surface area (Å²) in [4.78, 5) is 24.0. The van der Waals surface area contributed by atoms with E-state index in [1.54, 1.807) is 49.6 Å². The van der Waals surface area contributed by atoms with Crippen LogP contribution in [0.25, 0.3) is 0 Å². The first-order valence-corrected chi connectivity index (χ1v) is 6.59. The minimum absolute atomic E-state index is 0.109. The van der Waals surface area contributed by atoms with Crippen molar-refractivity contribution in [3.8, 4) is 11.8 Å². The molecule has 0 fully saturated rings. The summed E-state index contributed by atoms with van der Waals surface area (Å²) >= 11 is 0. The van der Waals surface area contributed by atoms with Gasteiger partial charge in [-0.3, -0.25) is 9.59 Å². The summed E-state index contributed by atoms with van der Waals surface area (Å²) in [5.74, 6) is 0.0697. The third kappa shape index (κ3) is 3.70. The molecule has 0 unspecified atom stereocenters. The van der Waals surface area contributed by atoms with Crippen molar-refractivity contribution in [3.05, 3.63) is 65.2 Å². The van der Waals surface area contributed by atoms with E-state index in [1.165, 1.54) is 6.07 Å². The number of carbonyl (C=O) groups is 2. The number of nitrogens with one attached hydrogen (secondary N) is 1. The van der Waals surface area contributed by atoms with Crippen molar-refractivity contribution >= 4 is 11.7 Å². The van der Waals surface area contributed by atoms with Crippen molar-refractivity contribution in [1.29, 1.82) is 5.26 Å². The Hall–Kier alpha value is -3.13. The summed E-state index contributed by atoms with van der Waals surface area (Å²) in [6, 6.07) is 14.9. The molecule has 0 saturated carbocycles. The zero-order valence-corrected chi connectivity index (χ0v) is 12.0. The van der Waals surface area contributed by atoms with Gasteiger partial charge in [0.15, 0.2) is 5.78 Å². The molecule has 2 aromatic carbocycles. The van der Waals surface area contributed by atoms with Gasteiger partial charge in [0.25, 0.3) is 5.91 Å². The van der Waals surface area contributed by atoms with Crippen LogP contribution in [0.3, 0.4) is 0 Å². The van der Waals surface area contributed by atoms with Crippen molar-refractivity contribution in [1.82, 2.24) is 5.32 Å². The maximum atomic E-state index is 12.0. The quantitative estimate of drug-likeness (QED) is 0.857. The van der Waals surface area contributed by atoms with E-state index >= 15 is 0 Å². The predicted octanol–water partition coefficient (Wildman–Crippen LogP) is 2.18. The van der Waals surface area contributed by atoms with Crippen LogP contribution in [0.4, 0.5) is 0 Å². The summed E-state index contributed by atoms with van der Waals surface area (Å²) in [6.07, 6.45) is 0. The van der Waals surface area contributed by atoms with Gasteiger partial charge in [0, 0.05) is 11.1 Å². The lowest BCUT2D eigenvalue weighted by molar-refractivity contribution is 0.0904. The molecular weight excluding hydrogens is 280 g/mol. The Labute approximate surface area is 128 Å². The van der Waals surface area contributed by atoms with E-state index in [0.29, 0.717) is 22.4 Å². The molecule has 0 aliphatic carbocycles. The van der Waals surface area contributed by atoms with Crippen LogP contribution in [0.5, 0.6) is 5.75 Å². The molecule has 5 nitrogen and oxygen atoms in total. The monoisotopic (exact) mass is 294 g/mol. The van der Waals surface area contributed by atoms with E-state index < -0.39 is 0 Å². The Balaban J connectivity index is 1.97. The minimum Gasteiger partial charge on any atom is -0.497 e. The lowest BCUT2D eigenvalue weighted by Crippen LogP contribution is -2.29. The molecule has 22 heavy (non-hydrogen) atoms. The van der Waals surface area contributed by atoms with Crippen LogP contribution in [0.1, 0.15) is 26.3 Å². The first-order valence-electron chi connectivity index (χ1n) is 6.59. The molecule has 5 heteroatoms. The van der Waals surface area contributed by atoms with Crippen molar-refractivity contribution in [3.63, 3.8) is 0 Å². The van der Waals surface area contributed by atoms with E-state index in [4.69, 9.17) is 10.00 Å². The van der Waals surface area contributed by atoms with Gasteiger partial charge in [0.05, 0.1) is 25.3 Å². The SMILES string of the molecule is COc1ccc(C(=O)CNC(=O)c2cccc(C#N)c2)cc1. The molecule has 0 saturated heterocycles. The van der Waals surface area contributed by atoms with Crippen molar-refractivity contribution < 1.29 is 14.3 Å². The zero-order chi connectivity index (χ0) is 15.9. The molecule has 0 heterocycles. The molecule has 0 bridgehead atoms. The third-order valence-corrected chi connectivity index (χ3v) is 3.08.